The number of H-pyrrole nitrogens is 1. The number of hydrogen-bond donors (Lipinski definition) is 1. The number of likely N-dealkylation sites (tertiary alicyclic amines) is 1. The smallest absolute Gasteiger partial charge is 0.257 e. The fourth-order valence-corrected chi connectivity index (χ4v) is 3.23. The van der Waals surface area contributed by atoms with Crippen molar-refractivity contribution in [1.82, 2.24) is 19.7 Å². The van der Waals surface area contributed by atoms with Crippen molar-refractivity contribution in [2.45, 2.75) is 18.8 Å². The number of rotatable bonds is 3. The minimum atomic E-state index is 0.00364. The standard InChI is InChI=1S/C16H20N4O2S/c1-19-14(17-18-16(19)23)11-6-5-9-20(10-11)15(21)12-7-3-4-8-13(12)22-2/h3-4,7-8,11H,5-6,9-10H2,1-2H3,(H,18,23)/t11-/m0/s1. The lowest BCUT2D eigenvalue weighted by Crippen LogP contribution is -2.39. The highest BCUT2D eigenvalue weighted by Crippen LogP contribution is 2.28. The van der Waals surface area contributed by atoms with Gasteiger partial charge >= 0.3 is 0 Å². The first-order chi connectivity index (χ1) is 11.1. The van der Waals surface area contributed by atoms with Crippen LogP contribution in [0.5, 0.6) is 5.75 Å². The number of nitrogens with zero attached hydrogens (tertiary/aromatic N) is 3. The molecule has 0 unspecified atom stereocenters. The van der Waals surface area contributed by atoms with Gasteiger partial charge in [-0.3, -0.25) is 9.89 Å². The maximum Gasteiger partial charge on any atom is 0.257 e. The van der Waals surface area contributed by atoms with E-state index < -0.39 is 0 Å². The Morgan fingerprint density at radius 2 is 2.22 bits per heavy atom. The van der Waals surface area contributed by atoms with E-state index in [2.05, 4.69) is 10.2 Å². The molecule has 6 nitrogen and oxygen atoms in total. The molecule has 7 heteroatoms. The number of piperidine rings is 1. The molecule has 1 N–H and O–H groups in total. The number of nitrogens with one attached hydrogen (secondary N) is 1. The van der Waals surface area contributed by atoms with Crippen LogP contribution in [-0.4, -0.2) is 45.8 Å². The van der Waals surface area contributed by atoms with Crippen molar-refractivity contribution in [3.8, 4) is 5.75 Å². The van der Waals surface area contributed by atoms with Crippen LogP contribution < -0.4 is 4.74 Å². The van der Waals surface area contributed by atoms with Gasteiger partial charge in [-0.1, -0.05) is 12.1 Å². The molecular formula is C16H20N4O2S. The molecule has 1 fully saturated rings. The third-order valence-electron chi connectivity index (χ3n) is 4.33. The minimum Gasteiger partial charge on any atom is -0.496 e. The van der Waals surface area contributed by atoms with E-state index in [1.807, 2.05) is 34.7 Å². The van der Waals surface area contributed by atoms with Crippen LogP contribution in [0, 0.1) is 4.77 Å². The van der Waals surface area contributed by atoms with E-state index in [0.717, 1.165) is 25.2 Å². The molecule has 1 aliphatic heterocycles. The predicted octanol–water partition coefficient (Wildman–Crippen LogP) is 2.51. The van der Waals surface area contributed by atoms with Crippen molar-refractivity contribution < 1.29 is 9.53 Å². The summed E-state index contributed by atoms with van der Waals surface area (Å²) in [6.07, 6.45) is 1.95. The summed E-state index contributed by atoms with van der Waals surface area (Å²) in [5, 5.41) is 7.14. The van der Waals surface area contributed by atoms with Gasteiger partial charge in [-0.25, -0.2) is 0 Å². The highest BCUT2D eigenvalue weighted by atomic mass is 32.1. The van der Waals surface area contributed by atoms with Gasteiger partial charge in [0, 0.05) is 26.1 Å². The molecule has 3 rings (SSSR count). The first-order valence-corrected chi connectivity index (χ1v) is 8.06. The van der Waals surface area contributed by atoms with E-state index in [9.17, 15) is 4.79 Å². The number of carbonyl (C=O) groups excluding carboxylic acids is 1. The van der Waals surface area contributed by atoms with E-state index in [0.29, 0.717) is 22.6 Å². The Bertz CT molecular complexity index is 767. The van der Waals surface area contributed by atoms with Gasteiger partial charge < -0.3 is 14.2 Å². The van der Waals surface area contributed by atoms with Crippen molar-refractivity contribution in [3.05, 3.63) is 40.4 Å². The number of carbonyl (C=O) groups is 1. The maximum atomic E-state index is 12.8. The zero-order chi connectivity index (χ0) is 16.4. The number of ether oxygens (including phenoxy) is 1. The molecule has 1 atom stereocenters. The Balaban J connectivity index is 1.82. The molecule has 23 heavy (non-hydrogen) atoms. The van der Waals surface area contributed by atoms with Crippen molar-refractivity contribution in [1.29, 1.82) is 0 Å². The number of benzene rings is 1. The van der Waals surface area contributed by atoms with Crippen molar-refractivity contribution >= 4 is 18.1 Å². The van der Waals surface area contributed by atoms with Gasteiger partial charge in [0.25, 0.3) is 5.91 Å². The minimum absolute atomic E-state index is 0.00364. The van der Waals surface area contributed by atoms with Gasteiger partial charge in [0.1, 0.15) is 11.6 Å². The van der Waals surface area contributed by atoms with E-state index in [-0.39, 0.29) is 11.8 Å². The molecule has 0 saturated carbocycles. The fourth-order valence-electron chi connectivity index (χ4n) is 3.09. The lowest BCUT2D eigenvalue weighted by Gasteiger charge is -2.32. The number of aromatic amines is 1. The quantitative estimate of drug-likeness (QED) is 0.877. The lowest BCUT2D eigenvalue weighted by atomic mass is 9.96. The van der Waals surface area contributed by atoms with Crippen LogP contribution in [0.1, 0.15) is 34.9 Å². The number of hydrogen-bond acceptors (Lipinski definition) is 4. The Labute approximate surface area is 140 Å². The van der Waals surface area contributed by atoms with Crippen molar-refractivity contribution in [2.75, 3.05) is 20.2 Å². The normalized spacial score (nSPS) is 18.0. The first kappa shape index (κ1) is 15.7. The summed E-state index contributed by atoms with van der Waals surface area (Å²) >= 11 is 5.18. The molecule has 0 aliphatic carbocycles. The average molecular weight is 332 g/mol. The number of methoxy groups -OCH3 is 1. The van der Waals surface area contributed by atoms with Crippen LogP contribution in [-0.2, 0) is 7.05 Å². The SMILES string of the molecule is COc1ccccc1C(=O)N1CCC[C@H](c2n[nH]c(=S)n2C)C1. The van der Waals surface area contributed by atoms with Gasteiger partial charge in [-0.15, -0.1) is 0 Å². The third-order valence-corrected chi connectivity index (χ3v) is 4.69. The first-order valence-electron chi connectivity index (χ1n) is 7.65. The Kier molecular flexibility index (Phi) is 4.47. The second-order valence-corrected chi connectivity index (χ2v) is 6.12. The van der Waals surface area contributed by atoms with Crippen LogP contribution >= 0.6 is 12.2 Å². The van der Waals surface area contributed by atoms with Gasteiger partial charge in [0.05, 0.1) is 12.7 Å². The zero-order valence-corrected chi connectivity index (χ0v) is 14.1. The van der Waals surface area contributed by atoms with E-state index in [1.54, 1.807) is 13.2 Å². The molecule has 0 bridgehead atoms. The van der Waals surface area contributed by atoms with E-state index >= 15 is 0 Å². The largest absolute Gasteiger partial charge is 0.496 e. The lowest BCUT2D eigenvalue weighted by molar-refractivity contribution is 0.0700. The molecule has 2 heterocycles. The highest BCUT2D eigenvalue weighted by molar-refractivity contribution is 7.71. The van der Waals surface area contributed by atoms with Crippen molar-refractivity contribution in [3.63, 3.8) is 0 Å². The molecule has 2 aromatic rings. The predicted molar refractivity (Wildman–Crippen MR) is 89.3 cm³/mol. The molecule has 1 aliphatic rings. The van der Waals surface area contributed by atoms with Crippen LogP contribution in [0.2, 0.25) is 0 Å². The fraction of sp³-hybridized carbons (Fsp3) is 0.438. The number of aromatic nitrogens is 3. The van der Waals surface area contributed by atoms with Gasteiger partial charge in [0.2, 0.25) is 0 Å². The van der Waals surface area contributed by atoms with Gasteiger partial charge in [-0.2, -0.15) is 5.10 Å². The number of para-hydroxylation sites is 1. The molecule has 1 saturated heterocycles. The molecule has 1 amide bonds. The molecule has 122 valence electrons. The second-order valence-electron chi connectivity index (χ2n) is 5.74. The summed E-state index contributed by atoms with van der Waals surface area (Å²) in [4.78, 5) is 14.7. The molecule has 1 aromatic heterocycles. The van der Waals surface area contributed by atoms with Gasteiger partial charge in [0.15, 0.2) is 4.77 Å². The van der Waals surface area contributed by atoms with Crippen LogP contribution in [0.3, 0.4) is 0 Å². The second kappa shape index (κ2) is 6.54. The van der Waals surface area contributed by atoms with Crippen molar-refractivity contribution in [2.24, 2.45) is 7.05 Å². The third kappa shape index (κ3) is 3.01. The summed E-state index contributed by atoms with van der Waals surface area (Å²) in [5.74, 6) is 1.72. The Morgan fingerprint density at radius 3 is 2.91 bits per heavy atom. The summed E-state index contributed by atoms with van der Waals surface area (Å²) in [6.45, 7) is 1.40. The molecule has 0 spiro atoms. The van der Waals surface area contributed by atoms with Crippen LogP contribution in [0.4, 0.5) is 0 Å². The summed E-state index contributed by atoms with van der Waals surface area (Å²) in [7, 11) is 3.49. The highest BCUT2D eigenvalue weighted by Gasteiger charge is 2.29. The van der Waals surface area contributed by atoms with Gasteiger partial charge in [-0.05, 0) is 37.2 Å². The molecule has 1 aromatic carbocycles. The van der Waals surface area contributed by atoms with Crippen LogP contribution in [0.25, 0.3) is 0 Å². The van der Waals surface area contributed by atoms with E-state index in [4.69, 9.17) is 17.0 Å². The topological polar surface area (TPSA) is 63.1 Å². The summed E-state index contributed by atoms with van der Waals surface area (Å²) in [5.41, 5.74) is 0.603. The average Bonchev–Trinajstić information content (AvgIpc) is 2.93. The molecule has 0 radical (unpaired) electrons. The maximum absolute atomic E-state index is 12.8. The number of amides is 1. The summed E-state index contributed by atoms with van der Waals surface area (Å²) < 4.78 is 7.80. The van der Waals surface area contributed by atoms with E-state index in [1.165, 1.54) is 0 Å². The Hall–Kier alpha value is -2.15. The zero-order valence-electron chi connectivity index (χ0n) is 13.3. The summed E-state index contributed by atoms with van der Waals surface area (Å²) in [6, 6.07) is 7.34. The monoisotopic (exact) mass is 332 g/mol. The van der Waals surface area contributed by atoms with Crippen LogP contribution in [0.15, 0.2) is 24.3 Å². The Morgan fingerprint density at radius 1 is 1.43 bits per heavy atom. The molecular weight excluding hydrogens is 312 g/mol.